The van der Waals surface area contributed by atoms with Gasteiger partial charge in [-0.05, 0) is 49.7 Å². The van der Waals surface area contributed by atoms with Crippen LogP contribution in [0.2, 0.25) is 5.02 Å². The first-order valence-corrected chi connectivity index (χ1v) is 7.58. The van der Waals surface area contributed by atoms with E-state index in [1.807, 2.05) is 20.8 Å². The Bertz CT molecular complexity index is 605. The second-order valence-electron chi connectivity index (χ2n) is 4.67. The van der Waals surface area contributed by atoms with Crippen molar-refractivity contribution in [2.24, 2.45) is 0 Å². The van der Waals surface area contributed by atoms with Gasteiger partial charge in [0.25, 0.3) is 0 Å². The lowest BCUT2D eigenvalue weighted by atomic mass is 10.0. The van der Waals surface area contributed by atoms with Crippen LogP contribution in [0.1, 0.15) is 33.8 Å². The Balaban J connectivity index is 2.50. The third kappa shape index (κ3) is 3.03. The van der Waals surface area contributed by atoms with Crippen molar-refractivity contribution < 1.29 is 8.78 Å². The van der Waals surface area contributed by atoms with Crippen molar-refractivity contribution in [1.29, 1.82) is 0 Å². The Kier molecular flexibility index (Phi) is 4.78. The van der Waals surface area contributed by atoms with E-state index in [0.717, 1.165) is 10.9 Å². The number of hydrogen-bond donors (Lipinski definition) is 1. The summed E-state index contributed by atoms with van der Waals surface area (Å²) >= 11 is 7.73. The van der Waals surface area contributed by atoms with Gasteiger partial charge >= 0.3 is 0 Å². The topological polar surface area (TPSA) is 12.0 Å². The van der Waals surface area contributed by atoms with Gasteiger partial charge in [0.2, 0.25) is 0 Å². The van der Waals surface area contributed by atoms with Gasteiger partial charge in [-0.1, -0.05) is 18.5 Å². The fourth-order valence-corrected chi connectivity index (χ4v) is 3.47. The molecule has 20 heavy (non-hydrogen) atoms. The zero-order valence-corrected chi connectivity index (χ0v) is 13.1. The molecule has 1 aromatic carbocycles. The summed E-state index contributed by atoms with van der Waals surface area (Å²) in [5.74, 6) is -1.80. The standard InChI is InChI=1S/C15H16ClF2NS/c1-4-19-15(14-5-8(2)9(3)20-14)10-6-12(17)13(18)7-11(10)16/h5-7,15,19H,4H2,1-3H3. The molecule has 1 N–H and O–H groups in total. The maximum absolute atomic E-state index is 13.5. The molecular formula is C15H16ClF2NS. The molecule has 0 radical (unpaired) electrons. The van der Waals surface area contributed by atoms with Crippen molar-refractivity contribution in [3.05, 3.63) is 55.7 Å². The Morgan fingerprint density at radius 1 is 1.20 bits per heavy atom. The Morgan fingerprint density at radius 2 is 1.85 bits per heavy atom. The molecule has 1 aromatic heterocycles. The van der Waals surface area contributed by atoms with Crippen LogP contribution < -0.4 is 5.32 Å². The summed E-state index contributed by atoms with van der Waals surface area (Å²) in [5.41, 5.74) is 1.75. The molecule has 0 saturated heterocycles. The molecule has 0 aliphatic carbocycles. The number of rotatable bonds is 4. The van der Waals surface area contributed by atoms with E-state index in [1.54, 1.807) is 11.3 Å². The van der Waals surface area contributed by atoms with Crippen molar-refractivity contribution in [3.8, 4) is 0 Å². The van der Waals surface area contributed by atoms with Gasteiger partial charge in [-0.25, -0.2) is 8.78 Å². The first-order chi connectivity index (χ1) is 9.43. The zero-order valence-electron chi connectivity index (χ0n) is 11.6. The number of aryl methyl sites for hydroxylation is 2. The molecule has 5 heteroatoms. The molecule has 1 unspecified atom stereocenters. The molecule has 0 aliphatic heterocycles. The van der Waals surface area contributed by atoms with Gasteiger partial charge in [0, 0.05) is 14.8 Å². The van der Waals surface area contributed by atoms with Crippen molar-refractivity contribution >= 4 is 22.9 Å². The third-order valence-corrected chi connectivity index (χ3v) is 4.77. The second-order valence-corrected chi connectivity index (χ2v) is 6.36. The van der Waals surface area contributed by atoms with Crippen LogP contribution in [0.15, 0.2) is 18.2 Å². The molecular weight excluding hydrogens is 300 g/mol. The summed E-state index contributed by atoms with van der Waals surface area (Å²) in [6, 6.07) is 4.05. The van der Waals surface area contributed by atoms with Gasteiger partial charge in [-0.3, -0.25) is 0 Å². The van der Waals surface area contributed by atoms with Crippen LogP contribution in [0, 0.1) is 25.5 Å². The minimum atomic E-state index is -0.924. The quantitative estimate of drug-likeness (QED) is 0.783. The average Bonchev–Trinajstić information content (AvgIpc) is 2.71. The van der Waals surface area contributed by atoms with E-state index < -0.39 is 11.6 Å². The molecule has 1 atom stereocenters. The largest absolute Gasteiger partial charge is 0.306 e. The van der Waals surface area contributed by atoms with E-state index in [4.69, 9.17) is 11.6 Å². The van der Waals surface area contributed by atoms with Crippen molar-refractivity contribution in [2.45, 2.75) is 26.8 Å². The number of thiophene rings is 1. The molecule has 0 amide bonds. The van der Waals surface area contributed by atoms with Gasteiger partial charge in [0.1, 0.15) is 0 Å². The van der Waals surface area contributed by atoms with E-state index in [-0.39, 0.29) is 11.1 Å². The maximum atomic E-state index is 13.5. The predicted octanol–water partition coefficient (Wildman–Crippen LogP) is 5.00. The first-order valence-electron chi connectivity index (χ1n) is 6.38. The van der Waals surface area contributed by atoms with Crippen LogP contribution in [-0.4, -0.2) is 6.54 Å². The lowest BCUT2D eigenvalue weighted by Gasteiger charge is -2.18. The van der Waals surface area contributed by atoms with Crippen LogP contribution in [0.4, 0.5) is 8.78 Å². The van der Waals surface area contributed by atoms with E-state index in [0.29, 0.717) is 12.1 Å². The lowest BCUT2D eigenvalue weighted by molar-refractivity contribution is 0.504. The lowest BCUT2D eigenvalue weighted by Crippen LogP contribution is -2.21. The molecule has 2 aromatic rings. The molecule has 2 rings (SSSR count). The number of hydrogen-bond acceptors (Lipinski definition) is 2. The molecule has 0 saturated carbocycles. The molecule has 108 valence electrons. The minimum Gasteiger partial charge on any atom is -0.306 e. The molecule has 0 aliphatic rings. The number of nitrogens with one attached hydrogen (secondary N) is 1. The van der Waals surface area contributed by atoms with Gasteiger partial charge in [0.05, 0.1) is 6.04 Å². The highest BCUT2D eigenvalue weighted by Gasteiger charge is 2.21. The van der Waals surface area contributed by atoms with Crippen molar-refractivity contribution in [1.82, 2.24) is 5.32 Å². The first kappa shape index (κ1) is 15.4. The fourth-order valence-electron chi connectivity index (χ4n) is 2.07. The monoisotopic (exact) mass is 315 g/mol. The highest BCUT2D eigenvalue weighted by molar-refractivity contribution is 7.12. The van der Waals surface area contributed by atoms with Crippen molar-refractivity contribution in [2.75, 3.05) is 6.54 Å². The van der Waals surface area contributed by atoms with E-state index in [9.17, 15) is 8.78 Å². The van der Waals surface area contributed by atoms with Crippen LogP contribution >= 0.6 is 22.9 Å². The molecule has 0 spiro atoms. The Hall–Kier alpha value is -0.970. The summed E-state index contributed by atoms with van der Waals surface area (Å²) in [6.45, 7) is 6.74. The van der Waals surface area contributed by atoms with Crippen molar-refractivity contribution in [3.63, 3.8) is 0 Å². The third-order valence-electron chi connectivity index (χ3n) is 3.23. The summed E-state index contributed by atoms with van der Waals surface area (Å²) in [4.78, 5) is 2.26. The Morgan fingerprint density at radius 3 is 2.40 bits per heavy atom. The van der Waals surface area contributed by atoms with Crippen LogP contribution in [-0.2, 0) is 0 Å². The SMILES string of the molecule is CCNC(c1cc(C)c(C)s1)c1cc(F)c(F)cc1Cl. The predicted molar refractivity (Wildman–Crippen MR) is 80.7 cm³/mol. The van der Waals surface area contributed by atoms with E-state index in [2.05, 4.69) is 11.4 Å². The summed E-state index contributed by atoms with van der Waals surface area (Å²) in [7, 11) is 0. The summed E-state index contributed by atoms with van der Waals surface area (Å²) < 4.78 is 26.7. The van der Waals surface area contributed by atoms with Gasteiger partial charge in [-0.15, -0.1) is 11.3 Å². The number of benzene rings is 1. The molecule has 0 bridgehead atoms. The fraction of sp³-hybridized carbons (Fsp3) is 0.333. The van der Waals surface area contributed by atoms with Crippen LogP contribution in [0.3, 0.4) is 0 Å². The van der Waals surface area contributed by atoms with E-state index >= 15 is 0 Å². The maximum Gasteiger partial charge on any atom is 0.160 e. The Labute approximate surface area is 126 Å². The van der Waals surface area contributed by atoms with E-state index in [1.165, 1.54) is 16.5 Å². The smallest absolute Gasteiger partial charge is 0.160 e. The average molecular weight is 316 g/mol. The molecule has 1 nitrogen and oxygen atoms in total. The van der Waals surface area contributed by atoms with Crippen LogP contribution in [0.25, 0.3) is 0 Å². The minimum absolute atomic E-state index is 0.222. The zero-order chi connectivity index (χ0) is 14.9. The normalized spacial score (nSPS) is 12.7. The highest BCUT2D eigenvalue weighted by Crippen LogP contribution is 2.34. The summed E-state index contributed by atoms with van der Waals surface area (Å²) in [5, 5.41) is 3.51. The highest BCUT2D eigenvalue weighted by atomic mass is 35.5. The van der Waals surface area contributed by atoms with Crippen LogP contribution in [0.5, 0.6) is 0 Å². The molecule has 0 fully saturated rings. The molecule has 1 heterocycles. The second kappa shape index (κ2) is 6.20. The van der Waals surface area contributed by atoms with Gasteiger partial charge in [-0.2, -0.15) is 0 Å². The summed E-state index contributed by atoms with van der Waals surface area (Å²) in [6.07, 6.45) is 0. The van der Waals surface area contributed by atoms with Gasteiger partial charge in [0.15, 0.2) is 11.6 Å². The number of halogens is 3. The van der Waals surface area contributed by atoms with Gasteiger partial charge < -0.3 is 5.32 Å².